The Balaban J connectivity index is 1.60. The molecule has 1 aliphatic heterocycles. The summed E-state index contributed by atoms with van der Waals surface area (Å²) in [5, 5.41) is 0.899. The van der Waals surface area contributed by atoms with Crippen molar-refractivity contribution in [1.29, 1.82) is 0 Å². The number of aryl methyl sites for hydroxylation is 1. The molecule has 6 nitrogen and oxygen atoms in total. The Labute approximate surface area is 200 Å². The summed E-state index contributed by atoms with van der Waals surface area (Å²) >= 11 is 12.3. The van der Waals surface area contributed by atoms with Crippen LogP contribution in [0.2, 0.25) is 10.0 Å². The number of rotatable bonds is 4. The van der Waals surface area contributed by atoms with E-state index in [-0.39, 0.29) is 17.5 Å². The Morgan fingerprint density at radius 1 is 1.00 bits per heavy atom. The number of amides is 1. The van der Waals surface area contributed by atoms with Gasteiger partial charge in [-0.15, -0.1) is 0 Å². The van der Waals surface area contributed by atoms with Gasteiger partial charge in [-0.25, -0.2) is 4.98 Å². The maximum atomic E-state index is 13.6. The highest BCUT2D eigenvalue weighted by atomic mass is 35.5. The first-order valence-electron chi connectivity index (χ1n) is 10.5. The van der Waals surface area contributed by atoms with Gasteiger partial charge in [0.1, 0.15) is 11.4 Å². The Morgan fingerprint density at radius 3 is 2.48 bits per heavy atom. The summed E-state index contributed by atoms with van der Waals surface area (Å²) in [5.74, 6) is -0.216. The molecule has 1 amide bonds. The molecule has 0 saturated carbocycles. The van der Waals surface area contributed by atoms with Crippen molar-refractivity contribution in [3.8, 4) is 5.69 Å². The highest BCUT2D eigenvalue weighted by molar-refractivity contribution is 6.42. The first-order valence-corrected chi connectivity index (χ1v) is 11.2. The molecule has 1 atom stereocenters. The lowest BCUT2D eigenvalue weighted by molar-refractivity contribution is 0.0564. The van der Waals surface area contributed by atoms with E-state index >= 15 is 0 Å². The Morgan fingerprint density at radius 2 is 1.79 bits per heavy atom. The van der Waals surface area contributed by atoms with Crippen LogP contribution in [-0.2, 0) is 13.1 Å². The van der Waals surface area contributed by atoms with Crippen molar-refractivity contribution in [2.75, 3.05) is 0 Å². The van der Waals surface area contributed by atoms with Crippen molar-refractivity contribution in [2.45, 2.75) is 26.1 Å². The van der Waals surface area contributed by atoms with E-state index in [4.69, 9.17) is 23.2 Å². The predicted molar refractivity (Wildman–Crippen MR) is 128 cm³/mol. The van der Waals surface area contributed by atoms with Crippen molar-refractivity contribution in [3.05, 3.63) is 116 Å². The molecule has 1 aliphatic rings. The number of benzene rings is 2. The number of carbonyl (C=O) groups excluding carboxylic acids is 1. The van der Waals surface area contributed by atoms with Gasteiger partial charge >= 0.3 is 0 Å². The van der Waals surface area contributed by atoms with Gasteiger partial charge in [0.2, 0.25) is 0 Å². The van der Waals surface area contributed by atoms with Crippen LogP contribution in [-0.4, -0.2) is 24.9 Å². The lowest BCUT2D eigenvalue weighted by atomic mass is 10.0. The minimum atomic E-state index is -0.321. The quantitative estimate of drug-likeness (QED) is 0.412. The second-order valence-electron chi connectivity index (χ2n) is 8.05. The van der Waals surface area contributed by atoms with Crippen LogP contribution in [0.3, 0.4) is 0 Å². The number of hydrogen-bond donors (Lipinski definition) is 0. The van der Waals surface area contributed by atoms with Gasteiger partial charge in [-0.05, 0) is 42.3 Å². The van der Waals surface area contributed by atoms with Crippen LogP contribution in [0.1, 0.15) is 33.4 Å². The minimum absolute atomic E-state index is 0.216. The molecule has 166 valence electrons. The highest BCUT2D eigenvalue weighted by Crippen LogP contribution is 2.32. The summed E-state index contributed by atoms with van der Waals surface area (Å²) in [6.45, 7) is 2.54. The van der Waals surface area contributed by atoms with Crippen molar-refractivity contribution < 1.29 is 4.79 Å². The summed E-state index contributed by atoms with van der Waals surface area (Å²) in [6, 6.07) is 18.1. The van der Waals surface area contributed by atoms with E-state index in [0.717, 1.165) is 16.8 Å². The number of hydrogen-bond acceptors (Lipinski definition) is 3. The van der Waals surface area contributed by atoms with Crippen molar-refractivity contribution in [1.82, 2.24) is 19.0 Å². The summed E-state index contributed by atoms with van der Waals surface area (Å²) in [5.41, 5.74) is 3.20. The SMILES string of the molecule is Cc1cn(-c2ccc3n(c2=O)C[C@@H](c2ccccc2)N(Cc2ccc(Cl)c(Cl)c2)C3=O)cn1. The van der Waals surface area contributed by atoms with E-state index in [1.165, 1.54) is 0 Å². The number of aromatic nitrogens is 3. The van der Waals surface area contributed by atoms with Gasteiger partial charge in [0.25, 0.3) is 11.5 Å². The number of fused-ring (bicyclic) bond motifs is 1. The molecule has 0 saturated heterocycles. The van der Waals surface area contributed by atoms with Crippen LogP contribution in [0, 0.1) is 6.92 Å². The molecular weight excluding hydrogens is 459 g/mol. The third kappa shape index (κ3) is 3.96. The molecule has 0 aliphatic carbocycles. The lowest BCUT2D eigenvalue weighted by Gasteiger charge is -2.38. The Bertz CT molecular complexity index is 1410. The monoisotopic (exact) mass is 478 g/mol. The zero-order valence-corrected chi connectivity index (χ0v) is 19.3. The van der Waals surface area contributed by atoms with E-state index < -0.39 is 0 Å². The highest BCUT2D eigenvalue weighted by Gasteiger charge is 2.34. The first-order chi connectivity index (χ1) is 15.9. The maximum absolute atomic E-state index is 13.6. The number of imidazole rings is 1. The molecule has 33 heavy (non-hydrogen) atoms. The topological polar surface area (TPSA) is 60.1 Å². The molecule has 0 radical (unpaired) electrons. The second kappa shape index (κ2) is 8.54. The van der Waals surface area contributed by atoms with Crippen LogP contribution in [0.25, 0.3) is 5.69 Å². The molecule has 0 spiro atoms. The molecule has 0 bridgehead atoms. The molecule has 0 fully saturated rings. The molecule has 0 N–H and O–H groups in total. The van der Waals surface area contributed by atoms with Crippen LogP contribution in [0.4, 0.5) is 0 Å². The molecule has 4 aromatic rings. The number of carbonyl (C=O) groups is 1. The Hall–Kier alpha value is -3.35. The minimum Gasteiger partial charge on any atom is -0.324 e. The van der Waals surface area contributed by atoms with E-state index in [2.05, 4.69) is 4.98 Å². The average Bonchev–Trinajstić information content (AvgIpc) is 3.25. The number of halogens is 2. The van der Waals surface area contributed by atoms with Crippen LogP contribution >= 0.6 is 23.2 Å². The smallest absolute Gasteiger partial charge is 0.275 e. The zero-order valence-electron chi connectivity index (χ0n) is 17.8. The van der Waals surface area contributed by atoms with Gasteiger partial charge < -0.3 is 9.47 Å². The first kappa shape index (κ1) is 21.5. The molecule has 5 rings (SSSR count). The van der Waals surface area contributed by atoms with Crippen LogP contribution < -0.4 is 5.56 Å². The van der Waals surface area contributed by atoms with Crippen molar-refractivity contribution in [2.24, 2.45) is 0 Å². The maximum Gasteiger partial charge on any atom is 0.275 e. The molecule has 3 heterocycles. The fourth-order valence-corrected chi connectivity index (χ4v) is 4.54. The van der Waals surface area contributed by atoms with Gasteiger partial charge in [0.05, 0.1) is 34.7 Å². The standard InChI is InChI=1S/C25H20Cl2N4O2/c1-16-12-29(15-28-16)21-9-10-22-25(33)30(13-17-7-8-19(26)20(27)11-17)23(14-31(22)24(21)32)18-5-3-2-4-6-18/h2-12,15,23H,13-14H2,1H3/t23-/m0/s1. The van der Waals surface area contributed by atoms with E-state index in [9.17, 15) is 9.59 Å². The summed E-state index contributed by atoms with van der Waals surface area (Å²) in [4.78, 5) is 33.1. The summed E-state index contributed by atoms with van der Waals surface area (Å²) in [6.07, 6.45) is 3.40. The van der Waals surface area contributed by atoms with E-state index in [0.29, 0.717) is 34.5 Å². The molecule has 2 aromatic carbocycles. The summed E-state index contributed by atoms with van der Waals surface area (Å²) in [7, 11) is 0. The second-order valence-corrected chi connectivity index (χ2v) is 8.86. The van der Waals surface area contributed by atoms with Crippen molar-refractivity contribution in [3.63, 3.8) is 0 Å². The summed E-state index contributed by atoms with van der Waals surface area (Å²) < 4.78 is 3.25. The average molecular weight is 479 g/mol. The van der Waals surface area contributed by atoms with Gasteiger partial charge in [0, 0.05) is 12.7 Å². The van der Waals surface area contributed by atoms with Gasteiger partial charge in [0.15, 0.2) is 0 Å². The third-order valence-corrected chi connectivity index (χ3v) is 6.62. The van der Waals surface area contributed by atoms with E-state index in [1.54, 1.807) is 50.8 Å². The molecule has 2 aromatic heterocycles. The predicted octanol–water partition coefficient (Wildman–Crippen LogP) is 5.05. The Kier molecular flexibility index (Phi) is 5.56. The fraction of sp³-hybridized carbons (Fsp3) is 0.160. The number of pyridine rings is 1. The van der Waals surface area contributed by atoms with E-state index in [1.807, 2.05) is 43.3 Å². The normalized spacial score (nSPS) is 15.5. The zero-order chi connectivity index (χ0) is 23.1. The van der Waals surface area contributed by atoms with Gasteiger partial charge in [-0.2, -0.15) is 0 Å². The molecule has 8 heteroatoms. The largest absolute Gasteiger partial charge is 0.324 e. The molecule has 0 unspecified atom stereocenters. The number of nitrogens with zero attached hydrogens (tertiary/aromatic N) is 4. The lowest BCUT2D eigenvalue weighted by Crippen LogP contribution is -2.46. The fourth-order valence-electron chi connectivity index (χ4n) is 4.22. The third-order valence-electron chi connectivity index (χ3n) is 5.88. The van der Waals surface area contributed by atoms with Crippen LogP contribution in [0.15, 0.2) is 78.0 Å². The van der Waals surface area contributed by atoms with Gasteiger partial charge in [-0.3, -0.25) is 14.2 Å². The van der Waals surface area contributed by atoms with Crippen molar-refractivity contribution >= 4 is 29.1 Å². The molecular formula is C25H20Cl2N4O2. The van der Waals surface area contributed by atoms with Gasteiger partial charge in [-0.1, -0.05) is 59.6 Å². The van der Waals surface area contributed by atoms with Crippen LogP contribution in [0.5, 0.6) is 0 Å².